The maximum Gasteiger partial charge on any atom is 0.250 e. The van der Waals surface area contributed by atoms with Crippen LogP contribution in [-0.4, -0.2) is 22.1 Å². The van der Waals surface area contributed by atoms with E-state index in [1.807, 2.05) is 12.1 Å². The molecule has 0 saturated carbocycles. The minimum absolute atomic E-state index is 0.127. The average molecular weight is 483 g/mol. The van der Waals surface area contributed by atoms with Gasteiger partial charge in [-0.25, -0.2) is 4.39 Å². The normalized spacial score (nSPS) is 17.3. The molecular formula is C26H21Cl2FN2O2. The molecule has 33 heavy (non-hydrogen) atoms. The van der Waals surface area contributed by atoms with Gasteiger partial charge in [0.2, 0.25) is 5.91 Å². The molecule has 168 valence electrons. The molecule has 4 nitrogen and oxygen atoms in total. The van der Waals surface area contributed by atoms with Gasteiger partial charge in [-0.2, -0.15) is 0 Å². The summed E-state index contributed by atoms with van der Waals surface area (Å²) in [6.45, 7) is 1.90. The molecule has 0 fully saturated rings. The van der Waals surface area contributed by atoms with Gasteiger partial charge in [-0.05, 0) is 49.9 Å². The summed E-state index contributed by atoms with van der Waals surface area (Å²) >= 11 is 12.3. The molecule has 0 spiro atoms. The van der Waals surface area contributed by atoms with E-state index in [4.69, 9.17) is 23.2 Å². The zero-order valence-electron chi connectivity index (χ0n) is 17.8. The molecule has 0 saturated heterocycles. The van der Waals surface area contributed by atoms with Crippen LogP contribution in [0.4, 0.5) is 10.1 Å². The highest BCUT2D eigenvalue weighted by atomic mass is 35.5. The first-order valence-corrected chi connectivity index (χ1v) is 11.1. The second-order valence-corrected chi connectivity index (χ2v) is 8.87. The van der Waals surface area contributed by atoms with Crippen molar-refractivity contribution in [1.29, 1.82) is 0 Å². The number of ketones is 1. The summed E-state index contributed by atoms with van der Waals surface area (Å²) in [5.41, 5.74) is 0.449. The lowest BCUT2D eigenvalue weighted by Crippen LogP contribution is -2.49. The van der Waals surface area contributed by atoms with Gasteiger partial charge in [-0.15, -0.1) is 0 Å². The predicted molar refractivity (Wildman–Crippen MR) is 129 cm³/mol. The Balaban J connectivity index is 1.61. The standard InChI is InChI=1S/C26H21Cl2FN2O2/c1-26(13-6-14-31(26)16-20-21(28)9-5-10-22(20)29)25(33)30-23-12-11-18(27)15-19(23)24(32)17-7-3-2-4-8-17/h2-12,14-15H,13,16H2,1H3,(H,30,33)/t26-/m1/s1. The molecule has 0 unspecified atom stereocenters. The van der Waals surface area contributed by atoms with Gasteiger partial charge in [0, 0.05) is 33.3 Å². The summed E-state index contributed by atoms with van der Waals surface area (Å²) in [6, 6.07) is 18.0. The summed E-state index contributed by atoms with van der Waals surface area (Å²) in [5.74, 6) is -1.01. The molecule has 3 aromatic carbocycles. The van der Waals surface area contributed by atoms with Gasteiger partial charge in [0.15, 0.2) is 5.78 Å². The second kappa shape index (κ2) is 9.38. The number of amides is 1. The minimum atomic E-state index is -1.00. The SMILES string of the molecule is C[C@]1(C(=O)Nc2ccc(Cl)cc2C(=O)c2ccccc2)CC=CN1Cc1c(F)cccc1Cl. The first-order chi connectivity index (χ1) is 15.8. The Bertz CT molecular complexity index is 1230. The molecule has 1 aliphatic rings. The third kappa shape index (κ3) is 4.65. The van der Waals surface area contributed by atoms with E-state index >= 15 is 0 Å². The van der Waals surface area contributed by atoms with Crippen LogP contribution in [-0.2, 0) is 11.3 Å². The Morgan fingerprint density at radius 1 is 1.06 bits per heavy atom. The van der Waals surface area contributed by atoms with E-state index in [9.17, 15) is 14.0 Å². The number of benzene rings is 3. The van der Waals surface area contributed by atoms with Gasteiger partial charge in [-0.1, -0.05) is 65.7 Å². The molecule has 1 heterocycles. The molecule has 1 amide bonds. The zero-order valence-corrected chi connectivity index (χ0v) is 19.3. The number of rotatable bonds is 6. The van der Waals surface area contributed by atoms with E-state index in [0.29, 0.717) is 38.8 Å². The third-order valence-corrected chi connectivity index (χ3v) is 6.41. The van der Waals surface area contributed by atoms with E-state index in [0.717, 1.165) is 0 Å². The fourth-order valence-corrected chi connectivity index (χ4v) is 4.21. The number of nitrogens with one attached hydrogen (secondary N) is 1. The summed E-state index contributed by atoms with van der Waals surface area (Å²) in [7, 11) is 0. The third-order valence-electron chi connectivity index (χ3n) is 5.82. The smallest absolute Gasteiger partial charge is 0.250 e. The molecule has 1 aliphatic heterocycles. The molecular weight excluding hydrogens is 462 g/mol. The first kappa shape index (κ1) is 23.0. The van der Waals surface area contributed by atoms with Gasteiger partial charge >= 0.3 is 0 Å². The maximum atomic E-state index is 14.4. The molecule has 0 aromatic heterocycles. The number of carbonyl (C=O) groups is 2. The summed E-state index contributed by atoms with van der Waals surface area (Å²) < 4.78 is 14.4. The Hall–Kier alpha value is -3.15. The van der Waals surface area contributed by atoms with Gasteiger partial charge in [0.1, 0.15) is 11.4 Å². The van der Waals surface area contributed by atoms with Crippen LogP contribution in [0.15, 0.2) is 79.0 Å². The maximum absolute atomic E-state index is 14.4. The van der Waals surface area contributed by atoms with Gasteiger partial charge in [-0.3, -0.25) is 9.59 Å². The quantitative estimate of drug-likeness (QED) is 0.409. The van der Waals surface area contributed by atoms with Crippen LogP contribution in [0.2, 0.25) is 10.0 Å². The van der Waals surface area contributed by atoms with Crippen molar-refractivity contribution in [3.05, 3.63) is 112 Å². The fourth-order valence-electron chi connectivity index (χ4n) is 3.81. The van der Waals surface area contributed by atoms with Crippen LogP contribution in [0.25, 0.3) is 0 Å². The number of anilines is 1. The van der Waals surface area contributed by atoms with Crippen LogP contribution >= 0.6 is 23.2 Å². The highest BCUT2D eigenvalue weighted by Gasteiger charge is 2.41. The van der Waals surface area contributed by atoms with Crippen molar-refractivity contribution < 1.29 is 14.0 Å². The van der Waals surface area contributed by atoms with E-state index in [1.54, 1.807) is 72.6 Å². The monoisotopic (exact) mass is 482 g/mol. The average Bonchev–Trinajstić information content (AvgIpc) is 3.19. The van der Waals surface area contributed by atoms with Gasteiger partial charge < -0.3 is 10.2 Å². The lowest BCUT2D eigenvalue weighted by Gasteiger charge is -2.35. The number of nitrogens with zero attached hydrogens (tertiary/aromatic N) is 1. The minimum Gasteiger partial charge on any atom is -0.359 e. The van der Waals surface area contributed by atoms with Crippen molar-refractivity contribution in [1.82, 2.24) is 4.90 Å². The Morgan fingerprint density at radius 2 is 1.82 bits per heavy atom. The van der Waals surface area contributed by atoms with Crippen LogP contribution in [0.3, 0.4) is 0 Å². The lowest BCUT2D eigenvalue weighted by atomic mass is 9.95. The van der Waals surface area contributed by atoms with Crippen molar-refractivity contribution in [2.24, 2.45) is 0 Å². The number of hydrogen-bond acceptors (Lipinski definition) is 3. The van der Waals surface area contributed by atoms with Gasteiger partial charge in [0.25, 0.3) is 0 Å². The Labute approximate surface area is 201 Å². The zero-order chi connectivity index (χ0) is 23.6. The van der Waals surface area contributed by atoms with Crippen LogP contribution < -0.4 is 5.32 Å². The van der Waals surface area contributed by atoms with Crippen LogP contribution in [0.1, 0.15) is 34.8 Å². The highest BCUT2D eigenvalue weighted by molar-refractivity contribution is 6.31. The summed E-state index contributed by atoms with van der Waals surface area (Å²) in [5, 5.41) is 3.57. The van der Waals surface area contributed by atoms with Crippen molar-refractivity contribution >= 4 is 40.6 Å². The van der Waals surface area contributed by atoms with Crippen LogP contribution in [0, 0.1) is 5.82 Å². The molecule has 7 heteroatoms. The van der Waals surface area contributed by atoms with E-state index < -0.39 is 11.4 Å². The molecule has 1 N–H and O–H groups in total. The molecule has 1 atom stereocenters. The van der Waals surface area contributed by atoms with Crippen molar-refractivity contribution in [2.45, 2.75) is 25.4 Å². The summed E-state index contributed by atoms with van der Waals surface area (Å²) in [4.78, 5) is 28.3. The molecule has 4 rings (SSSR count). The van der Waals surface area contributed by atoms with Crippen molar-refractivity contribution in [2.75, 3.05) is 5.32 Å². The largest absolute Gasteiger partial charge is 0.359 e. The van der Waals surface area contributed by atoms with Crippen molar-refractivity contribution in [3.8, 4) is 0 Å². The Morgan fingerprint density at radius 3 is 2.55 bits per heavy atom. The lowest BCUT2D eigenvalue weighted by molar-refractivity contribution is -0.125. The van der Waals surface area contributed by atoms with E-state index in [1.165, 1.54) is 6.07 Å². The molecule has 0 aliphatic carbocycles. The highest BCUT2D eigenvalue weighted by Crippen LogP contribution is 2.33. The number of hydrogen-bond donors (Lipinski definition) is 1. The molecule has 0 radical (unpaired) electrons. The molecule has 0 bridgehead atoms. The predicted octanol–water partition coefficient (Wildman–Crippen LogP) is 6.48. The van der Waals surface area contributed by atoms with Gasteiger partial charge in [0.05, 0.1) is 5.69 Å². The van der Waals surface area contributed by atoms with Crippen molar-refractivity contribution in [3.63, 3.8) is 0 Å². The molecule has 3 aromatic rings. The second-order valence-electron chi connectivity index (χ2n) is 8.03. The number of carbonyl (C=O) groups excluding carboxylic acids is 2. The van der Waals surface area contributed by atoms with E-state index in [2.05, 4.69) is 5.32 Å². The summed E-state index contributed by atoms with van der Waals surface area (Å²) in [6.07, 6.45) is 4.03. The Kier molecular flexibility index (Phi) is 6.54. The van der Waals surface area contributed by atoms with Crippen LogP contribution in [0.5, 0.6) is 0 Å². The number of halogens is 3. The first-order valence-electron chi connectivity index (χ1n) is 10.4. The van der Waals surface area contributed by atoms with E-state index in [-0.39, 0.29) is 18.2 Å². The topological polar surface area (TPSA) is 49.4 Å². The fraction of sp³-hybridized carbons (Fsp3) is 0.154.